The molecular weight excluding hydrogens is 286 g/mol. The number of hydrogen-bond acceptors (Lipinski definition) is 2. The minimum Gasteiger partial charge on any atom is -0.481 e. The maximum absolute atomic E-state index is 12.4. The van der Waals surface area contributed by atoms with Gasteiger partial charge in [0.2, 0.25) is 0 Å². The van der Waals surface area contributed by atoms with Crippen LogP contribution in [0.25, 0.3) is 0 Å². The molecule has 2 aliphatic rings. The number of carboxylic acids is 1. The van der Waals surface area contributed by atoms with Crippen LogP contribution in [0.15, 0.2) is 11.3 Å². The van der Waals surface area contributed by atoms with Gasteiger partial charge < -0.3 is 10.0 Å². The van der Waals surface area contributed by atoms with Crippen molar-refractivity contribution >= 4 is 5.97 Å². The summed E-state index contributed by atoms with van der Waals surface area (Å²) in [5, 5.41) is 10.2. The molecule has 1 N–H and O–H groups in total. The summed E-state index contributed by atoms with van der Waals surface area (Å²) in [7, 11) is 0. The molecule has 0 aromatic heterocycles. The molecule has 23 heavy (non-hydrogen) atoms. The SMILES string of the molecule is CCC1(C)CC(N2CCCCC2)=C(C)C(C)(CC)C1(C)C(=O)O. The monoisotopic (exact) mass is 321 g/mol. The van der Waals surface area contributed by atoms with E-state index in [-0.39, 0.29) is 10.8 Å². The van der Waals surface area contributed by atoms with Crippen molar-refractivity contribution in [3.05, 3.63) is 11.3 Å². The van der Waals surface area contributed by atoms with Crippen LogP contribution in [-0.4, -0.2) is 29.1 Å². The molecule has 1 saturated heterocycles. The highest BCUT2D eigenvalue weighted by Crippen LogP contribution is 2.64. The van der Waals surface area contributed by atoms with E-state index in [0.29, 0.717) is 0 Å². The molecule has 132 valence electrons. The lowest BCUT2D eigenvalue weighted by Gasteiger charge is -2.59. The van der Waals surface area contributed by atoms with Crippen LogP contribution in [0.2, 0.25) is 0 Å². The first kappa shape index (κ1) is 18.4. The molecule has 1 fully saturated rings. The maximum Gasteiger partial charge on any atom is 0.310 e. The van der Waals surface area contributed by atoms with Gasteiger partial charge in [0.25, 0.3) is 0 Å². The Morgan fingerprint density at radius 2 is 1.65 bits per heavy atom. The molecule has 0 radical (unpaired) electrons. The molecule has 3 atom stereocenters. The zero-order valence-corrected chi connectivity index (χ0v) is 16.0. The summed E-state index contributed by atoms with van der Waals surface area (Å²) in [6.45, 7) is 15.2. The number of piperidine rings is 1. The van der Waals surface area contributed by atoms with E-state index < -0.39 is 11.4 Å². The molecule has 3 heteroatoms. The third kappa shape index (κ3) is 2.42. The van der Waals surface area contributed by atoms with Gasteiger partial charge in [-0.05, 0) is 63.4 Å². The van der Waals surface area contributed by atoms with Crippen molar-refractivity contribution in [2.45, 2.75) is 80.1 Å². The molecule has 1 aliphatic carbocycles. The Morgan fingerprint density at radius 1 is 1.09 bits per heavy atom. The number of rotatable bonds is 4. The molecule has 1 aliphatic heterocycles. The first-order chi connectivity index (χ1) is 10.7. The van der Waals surface area contributed by atoms with Crippen LogP contribution >= 0.6 is 0 Å². The van der Waals surface area contributed by atoms with Gasteiger partial charge in [-0.25, -0.2) is 0 Å². The van der Waals surface area contributed by atoms with Crippen LogP contribution in [0.3, 0.4) is 0 Å². The minimum atomic E-state index is -0.729. The van der Waals surface area contributed by atoms with Gasteiger partial charge in [-0.1, -0.05) is 27.7 Å². The second kappa shape index (κ2) is 6.14. The Hall–Kier alpha value is -0.990. The highest BCUT2D eigenvalue weighted by molar-refractivity contribution is 5.78. The summed E-state index contributed by atoms with van der Waals surface area (Å²) in [5.74, 6) is -0.636. The molecule has 1 heterocycles. The largest absolute Gasteiger partial charge is 0.481 e. The van der Waals surface area contributed by atoms with Gasteiger partial charge in [-0.2, -0.15) is 0 Å². The van der Waals surface area contributed by atoms with Crippen molar-refractivity contribution in [3.8, 4) is 0 Å². The van der Waals surface area contributed by atoms with Crippen molar-refractivity contribution in [3.63, 3.8) is 0 Å². The molecule has 0 aromatic carbocycles. The van der Waals surface area contributed by atoms with Crippen LogP contribution in [0, 0.1) is 16.2 Å². The van der Waals surface area contributed by atoms with Gasteiger partial charge in [0, 0.05) is 24.2 Å². The van der Waals surface area contributed by atoms with E-state index in [0.717, 1.165) is 32.4 Å². The molecule has 3 unspecified atom stereocenters. The quantitative estimate of drug-likeness (QED) is 0.785. The van der Waals surface area contributed by atoms with E-state index in [4.69, 9.17) is 0 Å². The smallest absolute Gasteiger partial charge is 0.310 e. The Kier molecular flexibility index (Phi) is 4.90. The second-order valence-electron chi connectivity index (χ2n) is 8.33. The fourth-order valence-electron chi connectivity index (χ4n) is 5.14. The van der Waals surface area contributed by atoms with Gasteiger partial charge >= 0.3 is 5.97 Å². The fraction of sp³-hybridized carbons (Fsp3) is 0.850. The first-order valence-electron chi connectivity index (χ1n) is 9.36. The van der Waals surface area contributed by atoms with Crippen LogP contribution in [0.1, 0.15) is 80.1 Å². The second-order valence-corrected chi connectivity index (χ2v) is 8.33. The molecule has 2 rings (SSSR count). The number of likely N-dealkylation sites (tertiary alicyclic amines) is 1. The number of aliphatic carboxylic acids is 1. The predicted octanol–water partition coefficient (Wildman–Crippen LogP) is 5.07. The lowest BCUT2D eigenvalue weighted by Crippen LogP contribution is -2.58. The molecular formula is C20H35NO2. The normalized spacial score (nSPS) is 38.8. The molecule has 0 spiro atoms. The number of hydrogen-bond donors (Lipinski definition) is 1. The molecule has 3 nitrogen and oxygen atoms in total. The minimum absolute atomic E-state index is 0.212. The summed E-state index contributed by atoms with van der Waals surface area (Å²) in [6, 6.07) is 0. The Balaban J connectivity index is 2.62. The standard InChI is InChI=1S/C20H35NO2/c1-7-18(4)14-16(21-12-10-9-11-13-21)15(3)19(5,8-2)20(18,6)17(22)23/h7-14H2,1-6H3,(H,22,23). The summed E-state index contributed by atoms with van der Waals surface area (Å²) in [5.41, 5.74) is 1.52. The first-order valence-corrected chi connectivity index (χ1v) is 9.36. The highest BCUT2D eigenvalue weighted by atomic mass is 16.4. The maximum atomic E-state index is 12.4. The third-order valence-electron chi connectivity index (χ3n) is 7.78. The average Bonchev–Trinajstić information content (AvgIpc) is 2.56. The number of allylic oxidation sites excluding steroid dienone is 2. The van der Waals surface area contributed by atoms with Crippen LogP contribution in [-0.2, 0) is 4.79 Å². The number of carboxylic acid groups (broad SMARTS) is 1. The topological polar surface area (TPSA) is 40.5 Å². The van der Waals surface area contributed by atoms with E-state index >= 15 is 0 Å². The predicted molar refractivity (Wildman–Crippen MR) is 95.3 cm³/mol. The lowest BCUT2D eigenvalue weighted by molar-refractivity contribution is -0.171. The Morgan fingerprint density at radius 3 is 2.09 bits per heavy atom. The van der Waals surface area contributed by atoms with Crippen molar-refractivity contribution < 1.29 is 9.90 Å². The van der Waals surface area contributed by atoms with Gasteiger partial charge in [0.1, 0.15) is 0 Å². The van der Waals surface area contributed by atoms with Crippen LogP contribution < -0.4 is 0 Å². The van der Waals surface area contributed by atoms with Crippen LogP contribution in [0.5, 0.6) is 0 Å². The van der Waals surface area contributed by atoms with E-state index in [2.05, 4.69) is 39.5 Å². The van der Waals surface area contributed by atoms with Crippen molar-refractivity contribution in [1.29, 1.82) is 0 Å². The zero-order valence-electron chi connectivity index (χ0n) is 16.0. The lowest BCUT2D eigenvalue weighted by atomic mass is 9.44. The molecule has 0 aromatic rings. The number of carbonyl (C=O) groups is 1. The molecule has 0 bridgehead atoms. The summed E-state index contributed by atoms with van der Waals surface area (Å²) < 4.78 is 0. The van der Waals surface area contributed by atoms with Gasteiger partial charge in [-0.15, -0.1) is 0 Å². The molecule has 0 amide bonds. The zero-order chi connectivity index (χ0) is 17.5. The summed E-state index contributed by atoms with van der Waals surface area (Å²) >= 11 is 0. The summed E-state index contributed by atoms with van der Waals surface area (Å²) in [6.07, 6.45) is 6.52. The van der Waals surface area contributed by atoms with Crippen molar-refractivity contribution in [2.24, 2.45) is 16.2 Å². The average molecular weight is 322 g/mol. The Bertz CT molecular complexity index is 506. The fourth-order valence-corrected chi connectivity index (χ4v) is 5.14. The van der Waals surface area contributed by atoms with Crippen molar-refractivity contribution in [2.75, 3.05) is 13.1 Å². The Labute approximate surface area is 142 Å². The van der Waals surface area contributed by atoms with Gasteiger partial charge in [0.05, 0.1) is 5.41 Å². The van der Waals surface area contributed by atoms with E-state index in [1.165, 1.54) is 30.5 Å². The van der Waals surface area contributed by atoms with Crippen molar-refractivity contribution in [1.82, 2.24) is 4.90 Å². The van der Waals surface area contributed by atoms with E-state index in [1.54, 1.807) is 0 Å². The van der Waals surface area contributed by atoms with E-state index in [9.17, 15) is 9.90 Å². The summed E-state index contributed by atoms with van der Waals surface area (Å²) in [4.78, 5) is 15.0. The van der Waals surface area contributed by atoms with Gasteiger partial charge in [-0.3, -0.25) is 4.79 Å². The number of nitrogens with zero attached hydrogens (tertiary/aromatic N) is 1. The molecule has 0 saturated carbocycles. The van der Waals surface area contributed by atoms with Gasteiger partial charge in [0.15, 0.2) is 0 Å². The third-order valence-corrected chi connectivity index (χ3v) is 7.78. The van der Waals surface area contributed by atoms with E-state index in [1.807, 2.05) is 6.92 Å². The highest BCUT2D eigenvalue weighted by Gasteiger charge is 2.63. The van der Waals surface area contributed by atoms with Crippen LogP contribution in [0.4, 0.5) is 0 Å².